The van der Waals surface area contributed by atoms with E-state index >= 15 is 0 Å². The first-order valence-electron chi connectivity index (χ1n) is 8.22. The van der Waals surface area contributed by atoms with E-state index in [9.17, 15) is 9.59 Å². The van der Waals surface area contributed by atoms with Crippen LogP contribution in [-0.4, -0.2) is 35.3 Å². The highest BCUT2D eigenvalue weighted by Crippen LogP contribution is 2.39. The first kappa shape index (κ1) is 13.9. The van der Waals surface area contributed by atoms with E-state index < -0.39 is 0 Å². The van der Waals surface area contributed by atoms with Crippen LogP contribution in [0.3, 0.4) is 0 Å². The Hall–Kier alpha value is -1.06. The zero-order valence-electron chi connectivity index (χ0n) is 12.6. The Bertz CT molecular complexity index is 401. The van der Waals surface area contributed by atoms with Crippen LogP contribution < -0.4 is 5.32 Å². The molecular weight excluding hydrogens is 252 g/mol. The molecule has 2 aliphatic carbocycles. The van der Waals surface area contributed by atoms with Crippen molar-refractivity contribution in [3.63, 3.8) is 0 Å². The molecule has 20 heavy (non-hydrogen) atoms. The molecule has 3 fully saturated rings. The average molecular weight is 278 g/mol. The van der Waals surface area contributed by atoms with Crippen molar-refractivity contribution in [3.05, 3.63) is 0 Å². The van der Waals surface area contributed by atoms with Gasteiger partial charge >= 0.3 is 0 Å². The molecular formula is C16H26N2O2. The molecule has 3 atom stereocenters. The largest absolute Gasteiger partial charge is 0.342 e. The lowest BCUT2D eigenvalue weighted by atomic mass is 9.83. The molecule has 0 radical (unpaired) electrons. The summed E-state index contributed by atoms with van der Waals surface area (Å²) < 4.78 is 0. The number of nitrogens with zero attached hydrogens (tertiary/aromatic N) is 1. The standard InChI is InChI=1S/C16H26N2O2/c1-3-10(2)13-16(20)18(9-11-5-4-6-11)14(12-7-8-12)15(19)17-13/h10-14H,3-9H2,1-2H3,(H,17,19). The predicted octanol–water partition coefficient (Wildman–Crippen LogP) is 1.94. The van der Waals surface area contributed by atoms with Crippen molar-refractivity contribution >= 4 is 11.8 Å². The zero-order chi connectivity index (χ0) is 14.3. The third-order valence-electron chi connectivity index (χ3n) is 5.41. The fourth-order valence-electron chi connectivity index (χ4n) is 3.42. The number of hydrogen-bond acceptors (Lipinski definition) is 2. The van der Waals surface area contributed by atoms with Crippen molar-refractivity contribution in [2.24, 2.45) is 17.8 Å². The lowest BCUT2D eigenvalue weighted by Gasteiger charge is -2.43. The predicted molar refractivity (Wildman–Crippen MR) is 77.0 cm³/mol. The van der Waals surface area contributed by atoms with Crippen LogP contribution in [0.15, 0.2) is 0 Å². The summed E-state index contributed by atoms with van der Waals surface area (Å²) in [6, 6.07) is -0.481. The number of carbonyl (C=O) groups is 2. The van der Waals surface area contributed by atoms with Crippen molar-refractivity contribution in [2.75, 3.05) is 6.54 Å². The van der Waals surface area contributed by atoms with Crippen LogP contribution in [0.25, 0.3) is 0 Å². The van der Waals surface area contributed by atoms with Crippen LogP contribution >= 0.6 is 0 Å². The second-order valence-corrected chi connectivity index (χ2v) is 6.94. The number of piperazine rings is 1. The first-order chi connectivity index (χ1) is 9.61. The van der Waals surface area contributed by atoms with Gasteiger partial charge in [0.05, 0.1) is 0 Å². The van der Waals surface area contributed by atoms with E-state index in [2.05, 4.69) is 19.2 Å². The Morgan fingerprint density at radius 3 is 2.45 bits per heavy atom. The van der Waals surface area contributed by atoms with Crippen molar-refractivity contribution in [3.8, 4) is 0 Å². The Balaban J connectivity index is 1.78. The molecule has 0 aromatic heterocycles. The smallest absolute Gasteiger partial charge is 0.246 e. The van der Waals surface area contributed by atoms with Crippen LogP contribution in [0.4, 0.5) is 0 Å². The summed E-state index contributed by atoms with van der Waals surface area (Å²) in [5, 5.41) is 3.00. The summed E-state index contributed by atoms with van der Waals surface area (Å²) in [6.07, 6.45) is 6.83. The molecule has 4 heteroatoms. The summed E-state index contributed by atoms with van der Waals surface area (Å²) in [5.74, 6) is 1.52. The van der Waals surface area contributed by atoms with Crippen molar-refractivity contribution in [2.45, 2.75) is 64.5 Å². The third-order valence-corrected chi connectivity index (χ3v) is 5.41. The summed E-state index contributed by atoms with van der Waals surface area (Å²) in [4.78, 5) is 27.2. The molecule has 2 saturated carbocycles. The number of carbonyl (C=O) groups excluding carboxylic acids is 2. The number of hydrogen-bond donors (Lipinski definition) is 1. The minimum Gasteiger partial charge on any atom is -0.342 e. The fraction of sp³-hybridized carbons (Fsp3) is 0.875. The maximum Gasteiger partial charge on any atom is 0.246 e. The van der Waals surface area contributed by atoms with Gasteiger partial charge in [0.2, 0.25) is 11.8 Å². The molecule has 0 spiro atoms. The van der Waals surface area contributed by atoms with Gasteiger partial charge in [-0.1, -0.05) is 26.7 Å². The molecule has 0 aromatic rings. The summed E-state index contributed by atoms with van der Waals surface area (Å²) >= 11 is 0. The summed E-state index contributed by atoms with van der Waals surface area (Å²) in [5.41, 5.74) is 0. The van der Waals surface area contributed by atoms with E-state index in [1.54, 1.807) is 0 Å². The van der Waals surface area contributed by atoms with Crippen molar-refractivity contribution in [1.29, 1.82) is 0 Å². The summed E-state index contributed by atoms with van der Waals surface area (Å²) in [6.45, 7) is 4.94. The SMILES string of the molecule is CCC(C)C1NC(=O)C(C2CC2)N(CC2CCC2)C1=O. The van der Waals surface area contributed by atoms with Crippen LogP contribution in [0.1, 0.15) is 52.4 Å². The molecule has 3 rings (SSSR count). The zero-order valence-corrected chi connectivity index (χ0v) is 12.6. The van der Waals surface area contributed by atoms with Gasteiger partial charge in [0, 0.05) is 6.54 Å². The maximum absolute atomic E-state index is 12.8. The lowest BCUT2D eigenvalue weighted by Crippen LogP contribution is -2.66. The molecule has 1 heterocycles. The highest BCUT2D eigenvalue weighted by Gasteiger charge is 2.49. The van der Waals surface area contributed by atoms with Gasteiger partial charge in [0.1, 0.15) is 12.1 Å². The van der Waals surface area contributed by atoms with Gasteiger partial charge in [0.25, 0.3) is 0 Å². The first-order valence-corrected chi connectivity index (χ1v) is 8.22. The number of nitrogens with one attached hydrogen (secondary N) is 1. The Labute approximate surface area is 121 Å². The van der Waals surface area contributed by atoms with Crippen LogP contribution in [0.2, 0.25) is 0 Å². The second-order valence-electron chi connectivity index (χ2n) is 6.94. The molecule has 1 saturated heterocycles. The average Bonchev–Trinajstić information content (AvgIpc) is 3.20. The van der Waals surface area contributed by atoms with E-state index in [0.29, 0.717) is 11.8 Å². The van der Waals surface area contributed by atoms with Gasteiger partial charge in [0.15, 0.2) is 0 Å². The molecule has 0 aromatic carbocycles. The normalized spacial score (nSPS) is 32.8. The highest BCUT2D eigenvalue weighted by molar-refractivity contribution is 5.97. The monoisotopic (exact) mass is 278 g/mol. The number of amides is 2. The second kappa shape index (κ2) is 5.38. The minimum atomic E-state index is -0.303. The van der Waals surface area contributed by atoms with Gasteiger partial charge in [-0.2, -0.15) is 0 Å². The molecule has 1 N–H and O–H groups in total. The van der Waals surface area contributed by atoms with E-state index in [-0.39, 0.29) is 29.8 Å². The van der Waals surface area contributed by atoms with Gasteiger partial charge < -0.3 is 10.2 Å². The lowest BCUT2D eigenvalue weighted by molar-refractivity contribution is -0.153. The molecule has 3 unspecified atom stereocenters. The van der Waals surface area contributed by atoms with E-state index in [1.165, 1.54) is 19.3 Å². The Morgan fingerprint density at radius 1 is 1.25 bits per heavy atom. The highest BCUT2D eigenvalue weighted by atomic mass is 16.2. The maximum atomic E-state index is 12.8. The Kier molecular flexibility index (Phi) is 3.74. The van der Waals surface area contributed by atoms with E-state index in [0.717, 1.165) is 25.8 Å². The van der Waals surface area contributed by atoms with E-state index in [4.69, 9.17) is 0 Å². The molecule has 1 aliphatic heterocycles. The number of rotatable bonds is 5. The molecule has 112 valence electrons. The van der Waals surface area contributed by atoms with Gasteiger partial charge in [-0.15, -0.1) is 0 Å². The van der Waals surface area contributed by atoms with Gasteiger partial charge in [-0.3, -0.25) is 9.59 Å². The van der Waals surface area contributed by atoms with Crippen LogP contribution in [0, 0.1) is 17.8 Å². The topological polar surface area (TPSA) is 49.4 Å². The molecule has 4 nitrogen and oxygen atoms in total. The Morgan fingerprint density at radius 2 is 1.95 bits per heavy atom. The molecule has 2 amide bonds. The van der Waals surface area contributed by atoms with Crippen molar-refractivity contribution < 1.29 is 9.59 Å². The van der Waals surface area contributed by atoms with Gasteiger partial charge in [-0.05, 0) is 43.4 Å². The van der Waals surface area contributed by atoms with E-state index in [1.807, 2.05) is 4.90 Å². The van der Waals surface area contributed by atoms with Crippen LogP contribution in [-0.2, 0) is 9.59 Å². The third kappa shape index (κ3) is 2.45. The van der Waals surface area contributed by atoms with Crippen molar-refractivity contribution in [1.82, 2.24) is 10.2 Å². The molecule has 0 bridgehead atoms. The minimum absolute atomic E-state index is 0.0942. The summed E-state index contributed by atoms with van der Waals surface area (Å²) in [7, 11) is 0. The fourth-order valence-corrected chi connectivity index (χ4v) is 3.42. The van der Waals surface area contributed by atoms with Gasteiger partial charge in [-0.25, -0.2) is 0 Å². The van der Waals surface area contributed by atoms with Crippen LogP contribution in [0.5, 0.6) is 0 Å². The quantitative estimate of drug-likeness (QED) is 0.835. The molecule has 3 aliphatic rings.